The molecule has 0 fully saturated rings. The maximum Gasteiger partial charge on any atom is 0.302 e. The van der Waals surface area contributed by atoms with Gasteiger partial charge in [0.2, 0.25) is 0 Å². The van der Waals surface area contributed by atoms with Gasteiger partial charge >= 0.3 is 6.01 Å². The Hall–Kier alpha value is -3.27. The number of aromatic nitrogens is 1. The molecule has 1 aliphatic heterocycles. The second-order valence-corrected chi connectivity index (χ2v) is 6.52. The smallest absolute Gasteiger partial charge is 0.302 e. The quantitative estimate of drug-likeness (QED) is 0.664. The van der Waals surface area contributed by atoms with Crippen LogP contribution in [0, 0.1) is 0 Å². The minimum Gasteiger partial charge on any atom is -0.497 e. The Morgan fingerprint density at radius 1 is 1.08 bits per heavy atom. The number of anilines is 1. The van der Waals surface area contributed by atoms with Crippen LogP contribution < -0.4 is 9.64 Å². The molecular formula is C22H18N2O2. The zero-order valence-electron chi connectivity index (χ0n) is 14.5. The lowest BCUT2D eigenvalue weighted by molar-refractivity contribution is 0.415. The number of nitrogens with zero attached hydrogens (tertiary/aromatic N) is 2. The molecular weight excluding hydrogens is 324 g/mol. The molecule has 2 aliphatic rings. The summed E-state index contributed by atoms with van der Waals surface area (Å²) >= 11 is 0. The summed E-state index contributed by atoms with van der Waals surface area (Å²) in [6, 6.07) is 14.8. The Balaban J connectivity index is 1.50. The van der Waals surface area contributed by atoms with Crippen LogP contribution in [0.5, 0.6) is 5.75 Å². The van der Waals surface area contributed by atoms with Crippen LogP contribution in [0.25, 0.3) is 22.2 Å². The second kappa shape index (κ2) is 5.92. The van der Waals surface area contributed by atoms with Gasteiger partial charge in [0.1, 0.15) is 11.3 Å². The molecule has 1 aliphatic carbocycles. The summed E-state index contributed by atoms with van der Waals surface area (Å²) < 4.78 is 11.3. The molecule has 0 bridgehead atoms. The summed E-state index contributed by atoms with van der Waals surface area (Å²) in [5, 5.41) is 0. The first-order valence-corrected chi connectivity index (χ1v) is 8.68. The third kappa shape index (κ3) is 2.51. The lowest BCUT2D eigenvalue weighted by atomic mass is 10.0. The van der Waals surface area contributed by atoms with E-state index in [9.17, 15) is 0 Å². The number of allylic oxidation sites excluding steroid dienone is 3. The number of fused-ring (bicyclic) bond motifs is 2. The fourth-order valence-electron chi connectivity index (χ4n) is 3.47. The molecule has 128 valence electrons. The number of rotatable bonds is 3. The molecule has 0 atom stereocenters. The van der Waals surface area contributed by atoms with Crippen molar-refractivity contribution in [1.82, 2.24) is 4.98 Å². The summed E-state index contributed by atoms with van der Waals surface area (Å²) in [5.74, 6) is 0.844. The van der Waals surface area contributed by atoms with E-state index in [0.29, 0.717) is 6.01 Å². The van der Waals surface area contributed by atoms with Crippen LogP contribution in [-0.4, -0.2) is 18.6 Å². The molecule has 0 saturated heterocycles. The standard InChI is InChI=1S/C22H18N2O2/c1-25-19-8-4-7-15(11-19)16-9-10-21-20(12-16)23-22(26-21)24-13-17-5-2-3-6-18(17)14-24/h2-5,7-12,14H,6,13H2,1H3. The van der Waals surface area contributed by atoms with Gasteiger partial charge < -0.3 is 9.15 Å². The van der Waals surface area contributed by atoms with Crippen molar-refractivity contribution in [3.8, 4) is 16.9 Å². The van der Waals surface area contributed by atoms with Crippen molar-refractivity contribution < 1.29 is 9.15 Å². The minimum absolute atomic E-state index is 0.644. The van der Waals surface area contributed by atoms with E-state index < -0.39 is 0 Å². The van der Waals surface area contributed by atoms with E-state index in [-0.39, 0.29) is 0 Å². The van der Waals surface area contributed by atoms with Crippen molar-refractivity contribution in [3.05, 3.63) is 78.0 Å². The summed E-state index contributed by atoms with van der Waals surface area (Å²) in [6.07, 6.45) is 9.57. The predicted octanol–water partition coefficient (Wildman–Crippen LogP) is 5.09. The monoisotopic (exact) mass is 342 g/mol. The number of methoxy groups -OCH3 is 1. The first kappa shape index (κ1) is 15.0. The molecule has 2 aromatic carbocycles. The van der Waals surface area contributed by atoms with E-state index in [1.807, 2.05) is 24.3 Å². The lowest BCUT2D eigenvalue weighted by Gasteiger charge is -2.09. The van der Waals surface area contributed by atoms with Crippen LogP contribution in [0.15, 0.2) is 82.5 Å². The molecule has 2 heterocycles. The van der Waals surface area contributed by atoms with Crippen molar-refractivity contribution in [3.63, 3.8) is 0 Å². The molecule has 0 spiro atoms. The number of ether oxygens (including phenoxy) is 1. The van der Waals surface area contributed by atoms with Gasteiger partial charge in [0.05, 0.1) is 13.7 Å². The fraction of sp³-hybridized carbons (Fsp3) is 0.136. The van der Waals surface area contributed by atoms with Gasteiger partial charge in [0.25, 0.3) is 0 Å². The summed E-state index contributed by atoms with van der Waals surface area (Å²) in [5.41, 5.74) is 6.53. The highest BCUT2D eigenvalue weighted by molar-refractivity contribution is 5.82. The van der Waals surface area contributed by atoms with E-state index in [4.69, 9.17) is 14.1 Å². The SMILES string of the molecule is COc1cccc(-c2ccc3oc(N4C=C5CC=CC=C5C4)nc3c2)c1. The molecule has 0 unspecified atom stereocenters. The van der Waals surface area contributed by atoms with E-state index in [0.717, 1.165) is 40.9 Å². The summed E-state index contributed by atoms with van der Waals surface area (Å²) in [4.78, 5) is 6.80. The van der Waals surface area contributed by atoms with Crippen LogP contribution >= 0.6 is 0 Å². The number of hydrogen-bond donors (Lipinski definition) is 0. The van der Waals surface area contributed by atoms with Crippen LogP contribution in [-0.2, 0) is 0 Å². The Labute approximate surface area is 151 Å². The van der Waals surface area contributed by atoms with Gasteiger partial charge in [-0.25, -0.2) is 0 Å². The highest BCUT2D eigenvalue weighted by Crippen LogP contribution is 2.33. The third-order valence-electron chi connectivity index (χ3n) is 4.86. The van der Waals surface area contributed by atoms with Crippen LogP contribution in [0.1, 0.15) is 6.42 Å². The van der Waals surface area contributed by atoms with Crippen molar-refractivity contribution >= 4 is 17.1 Å². The first-order chi connectivity index (χ1) is 12.8. The molecule has 4 heteroatoms. The summed E-state index contributed by atoms with van der Waals surface area (Å²) in [7, 11) is 1.68. The van der Waals surface area contributed by atoms with Gasteiger partial charge in [-0.1, -0.05) is 36.4 Å². The molecule has 5 rings (SSSR count). The van der Waals surface area contributed by atoms with Gasteiger partial charge in [0.15, 0.2) is 5.58 Å². The third-order valence-corrected chi connectivity index (χ3v) is 4.86. The van der Waals surface area contributed by atoms with Crippen LogP contribution in [0.2, 0.25) is 0 Å². The number of benzene rings is 2. The Kier molecular flexibility index (Phi) is 3.42. The maximum atomic E-state index is 5.99. The lowest BCUT2D eigenvalue weighted by Crippen LogP contribution is -2.13. The molecule has 1 aromatic heterocycles. The van der Waals surface area contributed by atoms with Gasteiger partial charge in [0, 0.05) is 6.20 Å². The maximum absolute atomic E-state index is 5.99. The molecule has 0 N–H and O–H groups in total. The second-order valence-electron chi connectivity index (χ2n) is 6.52. The zero-order chi connectivity index (χ0) is 17.5. The van der Waals surface area contributed by atoms with Crippen LogP contribution in [0.3, 0.4) is 0 Å². The minimum atomic E-state index is 0.644. The normalized spacial score (nSPS) is 15.8. The van der Waals surface area contributed by atoms with E-state index in [2.05, 4.69) is 47.5 Å². The van der Waals surface area contributed by atoms with E-state index in [1.165, 1.54) is 11.1 Å². The van der Waals surface area contributed by atoms with Gasteiger partial charge in [-0.2, -0.15) is 4.98 Å². The average Bonchev–Trinajstić information content (AvgIpc) is 3.31. The number of hydrogen-bond acceptors (Lipinski definition) is 4. The number of oxazole rings is 1. The van der Waals surface area contributed by atoms with E-state index in [1.54, 1.807) is 7.11 Å². The van der Waals surface area contributed by atoms with Crippen molar-refractivity contribution in [2.24, 2.45) is 0 Å². The van der Waals surface area contributed by atoms with Gasteiger partial charge in [-0.05, 0) is 53.0 Å². The highest BCUT2D eigenvalue weighted by Gasteiger charge is 2.23. The highest BCUT2D eigenvalue weighted by atomic mass is 16.5. The summed E-state index contributed by atoms with van der Waals surface area (Å²) in [6.45, 7) is 0.815. The van der Waals surface area contributed by atoms with Crippen molar-refractivity contribution in [1.29, 1.82) is 0 Å². The zero-order valence-corrected chi connectivity index (χ0v) is 14.5. The Bertz CT molecular complexity index is 1090. The molecule has 3 aromatic rings. The molecule has 0 amide bonds. The van der Waals surface area contributed by atoms with E-state index >= 15 is 0 Å². The van der Waals surface area contributed by atoms with Crippen LogP contribution in [0.4, 0.5) is 6.01 Å². The molecule has 26 heavy (non-hydrogen) atoms. The molecule has 4 nitrogen and oxygen atoms in total. The Morgan fingerprint density at radius 3 is 2.88 bits per heavy atom. The van der Waals surface area contributed by atoms with Crippen molar-refractivity contribution in [2.45, 2.75) is 6.42 Å². The van der Waals surface area contributed by atoms with Gasteiger partial charge in [-0.3, -0.25) is 4.90 Å². The largest absolute Gasteiger partial charge is 0.497 e. The van der Waals surface area contributed by atoms with Crippen molar-refractivity contribution in [2.75, 3.05) is 18.6 Å². The first-order valence-electron chi connectivity index (χ1n) is 8.68. The topological polar surface area (TPSA) is 38.5 Å². The molecule has 0 radical (unpaired) electrons. The average molecular weight is 342 g/mol. The Morgan fingerprint density at radius 2 is 2.00 bits per heavy atom. The fourth-order valence-corrected chi connectivity index (χ4v) is 3.47. The predicted molar refractivity (Wildman–Crippen MR) is 103 cm³/mol. The van der Waals surface area contributed by atoms with Gasteiger partial charge in [-0.15, -0.1) is 0 Å². The molecule has 0 saturated carbocycles.